The van der Waals surface area contributed by atoms with Crippen LogP contribution in [-0.2, 0) is 11.2 Å². The molecule has 2 aromatic rings. The number of benzene rings is 1. The third kappa shape index (κ3) is 4.34. The quantitative estimate of drug-likeness (QED) is 0.888. The number of halogens is 1. The molecule has 1 aromatic carbocycles. The van der Waals surface area contributed by atoms with Gasteiger partial charge in [0.1, 0.15) is 0 Å². The Bertz CT molecular complexity index is 644. The van der Waals surface area contributed by atoms with Crippen LogP contribution >= 0.6 is 22.9 Å². The largest absolute Gasteiger partial charge is 0.333 e. The summed E-state index contributed by atoms with van der Waals surface area (Å²) in [5.41, 5.74) is 1.11. The van der Waals surface area contributed by atoms with Crippen LogP contribution in [0.25, 0.3) is 0 Å². The van der Waals surface area contributed by atoms with Gasteiger partial charge in [0.15, 0.2) is 0 Å². The minimum absolute atomic E-state index is 0.0803. The monoisotopic (exact) mass is 348 g/mol. The van der Waals surface area contributed by atoms with Crippen LogP contribution in [0.15, 0.2) is 41.8 Å². The van der Waals surface area contributed by atoms with Gasteiger partial charge in [0.2, 0.25) is 5.91 Å². The second kappa shape index (κ2) is 7.95. The smallest absolute Gasteiger partial charge is 0.223 e. The van der Waals surface area contributed by atoms with E-state index in [-0.39, 0.29) is 11.9 Å². The second-order valence-corrected chi connectivity index (χ2v) is 7.26. The highest BCUT2D eigenvalue weighted by Gasteiger charge is 2.27. The number of thiophene rings is 1. The predicted molar refractivity (Wildman–Crippen MR) is 96.0 cm³/mol. The maximum atomic E-state index is 12.7. The number of carbonyl (C=O) groups excluding carboxylic acids is 1. The molecule has 0 spiro atoms. The Morgan fingerprint density at radius 2 is 2.26 bits per heavy atom. The number of piperazine rings is 1. The van der Waals surface area contributed by atoms with Crippen molar-refractivity contribution in [3.05, 3.63) is 57.2 Å². The number of rotatable bonds is 5. The average molecular weight is 349 g/mol. The molecule has 0 radical (unpaired) electrons. The number of hydrogen-bond acceptors (Lipinski definition) is 3. The van der Waals surface area contributed by atoms with Crippen LogP contribution in [0.1, 0.15) is 29.3 Å². The fourth-order valence-corrected chi connectivity index (χ4v) is 3.98. The molecule has 1 saturated heterocycles. The van der Waals surface area contributed by atoms with E-state index in [0.29, 0.717) is 6.42 Å². The first-order valence-electron chi connectivity index (χ1n) is 8.02. The third-order valence-electron chi connectivity index (χ3n) is 4.19. The van der Waals surface area contributed by atoms with E-state index in [9.17, 15) is 4.79 Å². The van der Waals surface area contributed by atoms with Crippen molar-refractivity contribution < 1.29 is 4.79 Å². The van der Waals surface area contributed by atoms with Gasteiger partial charge in [-0.05, 0) is 42.0 Å². The molecule has 1 atom stereocenters. The molecule has 3 rings (SSSR count). The molecule has 0 aliphatic carbocycles. The Balaban J connectivity index is 1.62. The van der Waals surface area contributed by atoms with Crippen molar-refractivity contribution in [1.82, 2.24) is 10.2 Å². The molecule has 1 unspecified atom stereocenters. The zero-order valence-corrected chi connectivity index (χ0v) is 14.6. The van der Waals surface area contributed by atoms with E-state index in [1.165, 1.54) is 4.88 Å². The van der Waals surface area contributed by atoms with E-state index in [1.54, 1.807) is 11.3 Å². The van der Waals surface area contributed by atoms with E-state index in [4.69, 9.17) is 11.6 Å². The number of amides is 1. The molecule has 3 nitrogen and oxygen atoms in total. The summed E-state index contributed by atoms with van der Waals surface area (Å²) in [6, 6.07) is 12.1. The van der Waals surface area contributed by atoms with Gasteiger partial charge in [0.05, 0.1) is 6.04 Å². The Morgan fingerprint density at radius 1 is 1.35 bits per heavy atom. The number of aryl methyl sites for hydroxylation is 1. The Morgan fingerprint density at radius 3 is 3.04 bits per heavy atom. The molecule has 23 heavy (non-hydrogen) atoms. The second-order valence-electron chi connectivity index (χ2n) is 5.79. The third-order valence-corrected chi connectivity index (χ3v) is 5.36. The van der Waals surface area contributed by atoms with Crippen LogP contribution in [0.3, 0.4) is 0 Å². The van der Waals surface area contributed by atoms with E-state index in [2.05, 4.69) is 28.9 Å². The van der Waals surface area contributed by atoms with Crippen molar-refractivity contribution in [3.8, 4) is 0 Å². The van der Waals surface area contributed by atoms with Crippen molar-refractivity contribution in [2.24, 2.45) is 0 Å². The summed E-state index contributed by atoms with van der Waals surface area (Å²) in [7, 11) is 0. The fourth-order valence-electron chi connectivity index (χ4n) is 3.03. The summed E-state index contributed by atoms with van der Waals surface area (Å²) in [6.45, 7) is 2.40. The fraction of sp³-hybridized carbons (Fsp3) is 0.389. The molecule has 5 heteroatoms. The minimum atomic E-state index is 0.0803. The zero-order valence-electron chi connectivity index (χ0n) is 13.0. The lowest BCUT2D eigenvalue weighted by molar-refractivity contribution is -0.134. The van der Waals surface area contributed by atoms with Crippen LogP contribution in [0.2, 0.25) is 5.02 Å². The molecule has 0 saturated carbocycles. The van der Waals surface area contributed by atoms with Crippen LogP contribution in [0, 0.1) is 0 Å². The van der Waals surface area contributed by atoms with Gasteiger partial charge in [-0.2, -0.15) is 0 Å². The molecule has 1 aliphatic heterocycles. The SMILES string of the molecule is O=C(CCCc1cccs1)N1CCNCC1c1cccc(Cl)c1. The molecule has 0 bridgehead atoms. The summed E-state index contributed by atoms with van der Waals surface area (Å²) >= 11 is 7.87. The highest BCUT2D eigenvalue weighted by Crippen LogP contribution is 2.25. The van der Waals surface area contributed by atoms with Gasteiger partial charge >= 0.3 is 0 Å². The van der Waals surface area contributed by atoms with Gasteiger partial charge in [-0.3, -0.25) is 4.79 Å². The van der Waals surface area contributed by atoms with Crippen molar-refractivity contribution in [2.45, 2.75) is 25.3 Å². The standard InChI is InChI=1S/C18H21ClN2OS/c19-15-5-1-4-14(12-15)17-13-20-9-10-21(17)18(22)8-2-6-16-7-3-11-23-16/h1,3-5,7,11-12,17,20H,2,6,8-10,13H2. The lowest BCUT2D eigenvalue weighted by atomic mass is 10.0. The van der Waals surface area contributed by atoms with Gasteiger partial charge in [-0.1, -0.05) is 29.8 Å². The van der Waals surface area contributed by atoms with Crippen molar-refractivity contribution >= 4 is 28.8 Å². The predicted octanol–water partition coefficient (Wildman–Crippen LogP) is 3.90. The molecular weight excluding hydrogens is 328 g/mol. The first-order valence-corrected chi connectivity index (χ1v) is 9.28. The summed E-state index contributed by atoms with van der Waals surface area (Å²) in [4.78, 5) is 16.0. The molecule has 1 aliphatic rings. The number of carbonyl (C=O) groups is 1. The van der Waals surface area contributed by atoms with E-state index >= 15 is 0 Å². The van der Waals surface area contributed by atoms with E-state index in [1.807, 2.05) is 23.1 Å². The number of nitrogens with zero attached hydrogens (tertiary/aromatic N) is 1. The van der Waals surface area contributed by atoms with Crippen molar-refractivity contribution in [2.75, 3.05) is 19.6 Å². The Kier molecular flexibility index (Phi) is 5.70. The van der Waals surface area contributed by atoms with Crippen LogP contribution in [-0.4, -0.2) is 30.4 Å². The van der Waals surface area contributed by atoms with Crippen LogP contribution in [0.4, 0.5) is 0 Å². The van der Waals surface area contributed by atoms with Gasteiger partial charge in [-0.15, -0.1) is 11.3 Å². The van der Waals surface area contributed by atoms with Crippen molar-refractivity contribution in [3.63, 3.8) is 0 Å². The molecule has 122 valence electrons. The summed E-state index contributed by atoms with van der Waals surface area (Å²) < 4.78 is 0. The molecular formula is C18H21ClN2OS. The van der Waals surface area contributed by atoms with Crippen molar-refractivity contribution in [1.29, 1.82) is 0 Å². The summed E-state index contributed by atoms with van der Waals surface area (Å²) in [6.07, 6.45) is 2.50. The van der Waals surface area contributed by atoms with Gasteiger partial charge in [-0.25, -0.2) is 0 Å². The first kappa shape index (κ1) is 16.5. The highest BCUT2D eigenvalue weighted by molar-refractivity contribution is 7.09. The highest BCUT2D eigenvalue weighted by atomic mass is 35.5. The zero-order chi connectivity index (χ0) is 16.1. The molecule has 1 fully saturated rings. The van der Waals surface area contributed by atoms with E-state index in [0.717, 1.165) is 43.1 Å². The molecule has 2 heterocycles. The molecule has 1 N–H and O–H groups in total. The first-order chi connectivity index (χ1) is 11.2. The number of nitrogens with one attached hydrogen (secondary N) is 1. The Labute approximate surface area is 146 Å². The summed E-state index contributed by atoms with van der Waals surface area (Å²) in [5, 5.41) is 6.19. The normalized spacial score (nSPS) is 18.1. The lowest BCUT2D eigenvalue weighted by Gasteiger charge is -2.36. The van der Waals surface area contributed by atoms with Gasteiger partial charge in [0.25, 0.3) is 0 Å². The van der Waals surface area contributed by atoms with Gasteiger partial charge < -0.3 is 10.2 Å². The topological polar surface area (TPSA) is 32.3 Å². The average Bonchev–Trinajstić information content (AvgIpc) is 3.08. The van der Waals surface area contributed by atoms with Crippen LogP contribution < -0.4 is 5.32 Å². The molecule has 1 aromatic heterocycles. The Hall–Kier alpha value is -1.36. The molecule has 1 amide bonds. The van der Waals surface area contributed by atoms with Crippen LogP contribution in [0.5, 0.6) is 0 Å². The lowest BCUT2D eigenvalue weighted by Crippen LogP contribution is -2.48. The van der Waals surface area contributed by atoms with E-state index < -0.39 is 0 Å². The maximum absolute atomic E-state index is 12.7. The number of hydrogen-bond donors (Lipinski definition) is 1. The minimum Gasteiger partial charge on any atom is -0.333 e. The maximum Gasteiger partial charge on any atom is 0.223 e. The van der Waals surface area contributed by atoms with Gasteiger partial charge in [0, 0.05) is 36.0 Å². The summed E-state index contributed by atoms with van der Waals surface area (Å²) in [5.74, 6) is 0.244.